The molecule has 2 unspecified atom stereocenters. The summed E-state index contributed by atoms with van der Waals surface area (Å²) >= 11 is 0. The van der Waals surface area contributed by atoms with E-state index < -0.39 is 0 Å². The number of ether oxygens (including phenoxy) is 1. The van der Waals surface area contributed by atoms with Crippen molar-refractivity contribution in [3.05, 3.63) is 29.8 Å². The Morgan fingerprint density at radius 1 is 1.33 bits per heavy atom. The molecule has 1 aromatic rings. The highest BCUT2D eigenvalue weighted by atomic mass is 16.5. The summed E-state index contributed by atoms with van der Waals surface area (Å²) in [6.07, 6.45) is 4.81. The molecule has 0 spiro atoms. The number of amides is 1. The average Bonchev–Trinajstić information content (AvgIpc) is 2.54. The predicted octanol–water partition coefficient (Wildman–Crippen LogP) is 2.90. The minimum atomic E-state index is 0.145. The number of morpholine rings is 1. The van der Waals surface area contributed by atoms with E-state index in [1.165, 1.54) is 12.8 Å². The summed E-state index contributed by atoms with van der Waals surface area (Å²) in [6.45, 7) is 4.24. The van der Waals surface area contributed by atoms with Crippen LogP contribution in [0.5, 0.6) is 0 Å². The third kappa shape index (κ3) is 2.91. The van der Waals surface area contributed by atoms with Crippen molar-refractivity contribution in [2.45, 2.75) is 44.8 Å². The average molecular weight is 288 g/mol. The maximum atomic E-state index is 13.0. The summed E-state index contributed by atoms with van der Waals surface area (Å²) < 4.78 is 5.87. The number of fused-ring (bicyclic) bond motifs is 1. The number of para-hydroxylation sites is 1. The van der Waals surface area contributed by atoms with E-state index >= 15 is 0 Å². The van der Waals surface area contributed by atoms with E-state index in [0.717, 1.165) is 30.6 Å². The molecule has 1 aliphatic carbocycles. The van der Waals surface area contributed by atoms with Crippen LogP contribution >= 0.6 is 0 Å². The highest BCUT2D eigenvalue weighted by Gasteiger charge is 2.37. The maximum Gasteiger partial charge on any atom is 0.256 e. The van der Waals surface area contributed by atoms with Crippen molar-refractivity contribution < 1.29 is 9.53 Å². The standard InChI is InChI=1S/C17H24N2O2/c1-2-18-14-8-4-3-7-13(14)17(20)19-11-12-21-16-10-6-5-9-15(16)19/h3-4,7-8,15-16,18H,2,5-6,9-12H2,1H3. The zero-order valence-electron chi connectivity index (χ0n) is 12.7. The van der Waals surface area contributed by atoms with Crippen molar-refractivity contribution in [1.82, 2.24) is 4.90 Å². The van der Waals surface area contributed by atoms with Gasteiger partial charge in [0.15, 0.2) is 0 Å². The minimum Gasteiger partial charge on any atom is -0.385 e. The van der Waals surface area contributed by atoms with E-state index in [-0.39, 0.29) is 18.1 Å². The van der Waals surface area contributed by atoms with Gasteiger partial charge >= 0.3 is 0 Å². The molecule has 1 amide bonds. The zero-order valence-corrected chi connectivity index (χ0v) is 12.7. The topological polar surface area (TPSA) is 41.6 Å². The summed E-state index contributed by atoms with van der Waals surface area (Å²) in [7, 11) is 0. The van der Waals surface area contributed by atoms with E-state index in [1.807, 2.05) is 36.1 Å². The fraction of sp³-hybridized carbons (Fsp3) is 0.588. The Labute approximate surface area is 126 Å². The molecule has 1 aromatic carbocycles. The molecule has 21 heavy (non-hydrogen) atoms. The molecule has 4 heteroatoms. The van der Waals surface area contributed by atoms with E-state index in [1.54, 1.807) is 0 Å². The van der Waals surface area contributed by atoms with Gasteiger partial charge < -0.3 is 15.0 Å². The van der Waals surface area contributed by atoms with Gasteiger partial charge in [0.1, 0.15) is 0 Å². The predicted molar refractivity (Wildman–Crippen MR) is 83.6 cm³/mol. The number of carbonyl (C=O) groups is 1. The lowest BCUT2D eigenvalue weighted by atomic mass is 9.89. The van der Waals surface area contributed by atoms with Crippen LogP contribution in [0.1, 0.15) is 43.0 Å². The molecular formula is C17H24N2O2. The Bertz CT molecular complexity index is 501. The van der Waals surface area contributed by atoms with Crippen LogP contribution in [0.4, 0.5) is 5.69 Å². The van der Waals surface area contributed by atoms with Crippen molar-refractivity contribution in [3.8, 4) is 0 Å². The molecule has 1 aliphatic heterocycles. The molecule has 114 valence electrons. The number of hydrogen-bond acceptors (Lipinski definition) is 3. The zero-order chi connectivity index (χ0) is 14.7. The maximum absolute atomic E-state index is 13.0. The van der Waals surface area contributed by atoms with Crippen LogP contribution in [0.25, 0.3) is 0 Å². The molecule has 4 nitrogen and oxygen atoms in total. The van der Waals surface area contributed by atoms with Crippen LogP contribution in [-0.4, -0.2) is 42.6 Å². The van der Waals surface area contributed by atoms with Gasteiger partial charge in [0.05, 0.1) is 24.3 Å². The Hall–Kier alpha value is -1.55. The van der Waals surface area contributed by atoms with Gasteiger partial charge in [-0.2, -0.15) is 0 Å². The van der Waals surface area contributed by atoms with Crippen LogP contribution in [0.2, 0.25) is 0 Å². The Morgan fingerprint density at radius 3 is 3.00 bits per heavy atom. The number of carbonyl (C=O) groups excluding carboxylic acids is 1. The molecule has 3 rings (SSSR count). The molecule has 0 radical (unpaired) electrons. The summed E-state index contributed by atoms with van der Waals surface area (Å²) in [5.41, 5.74) is 1.72. The first-order valence-corrected chi connectivity index (χ1v) is 8.06. The Morgan fingerprint density at radius 2 is 2.14 bits per heavy atom. The fourth-order valence-electron chi connectivity index (χ4n) is 3.52. The number of rotatable bonds is 3. The van der Waals surface area contributed by atoms with E-state index in [2.05, 4.69) is 5.32 Å². The fourth-order valence-corrected chi connectivity index (χ4v) is 3.52. The number of anilines is 1. The molecular weight excluding hydrogens is 264 g/mol. The smallest absolute Gasteiger partial charge is 0.256 e. The summed E-state index contributed by atoms with van der Waals surface area (Å²) in [4.78, 5) is 15.0. The first-order valence-electron chi connectivity index (χ1n) is 8.06. The monoisotopic (exact) mass is 288 g/mol. The highest BCUT2D eigenvalue weighted by molar-refractivity contribution is 5.99. The van der Waals surface area contributed by atoms with Crippen LogP contribution in [0.15, 0.2) is 24.3 Å². The number of benzene rings is 1. The Kier molecular flexibility index (Phi) is 4.44. The molecule has 0 bridgehead atoms. The molecule has 1 N–H and O–H groups in total. The molecule has 2 atom stereocenters. The summed E-state index contributed by atoms with van der Waals surface area (Å²) in [5, 5.41) is 3.29. The van der Waals surface area contributed by atoms with E-state index in [9.17, 15) is 4.79 Å². The van der Waals surface area contributed by atoms with Gasteiger partial charge in [-0.25, -0.2) is 0 Å². The quantitative estimate of drug-likeness (QED) is 0.930. The second-order valence-electron chi connectivity index (χ2n) is 5.84. The van der Waals surface area contributed by atoms with Crippen molar-refractivity contribution in [2.24, 2.45) is 0 Å². The minimum absolute atomic E-state index is 0.145. The normalized spacial score (nSPS) is 25.3. The van der Waals surface area contributed by atoms with E-state index in [4.69, 9.17) is 4.74 Å². The lowest BCUT2D eigenvalue weighted by molar-refractivity contribution is -0.0752. The molecule has 2 aliphatic rings. The van der Waals surface area contributed by atoms with Crippen molar-refractivity contribution in [1.29, 1.82) is 0 Å². The van der Waals surface area contributed by atoms with Gasteiger partial charge in [0.2, 0.25) is 0 Å². The lowest BCUT2D eigenvalue weighted by Gasteiger charge is -2.44. The van der Waals surface area contributed by atoms with Crippen LogP contribution < -0.4 is 5.32 Å². The van der Waals surface area contributed by atoms with Gasteiger partial charge in [-0.3, -0.25) is 4.79 Å². The SMILES string of the molecule is CCNc1ccccc1C(=O)N1CCOC2CCCCC21. The van der Waals surface area contributed by atoms with Gasteiger partial charge in [-0.05, 0) is 31.9 Å². The molecule has 1 saturated heterocycles. The van der Waals surface area contributed by atoms with Crippen molar-refractivity contribution >= 4 is 11.6 Å². The van der Waals surface area contributed by atoms with Crippen molar-refractivity contribution in [2.75, 3.05) is 25.0 Å². The Balaban J connectivity index is 1.83. The summed E-state index contributed by atoms with van der Waals surface area (Å²) in [5.74, 6) is 0.145. The van der Waals surface area contributed by atoms with Gasteiger partial charge in [0.25, 0.3) is 5.91 Å². The molecule has 0 aromatic heterocycles. The number of nitrogens with zero attached hydrogens (tertiary/aromatic N) is 1. The van der Waals surface area contributed by atoms with Crippen molar-refractivity contribution in [3.63, 3.8) is 0 Å². The van der Waals surface area contributed by atoms with Gasteiger partial charge in [-0.1, -0.05) is 25.0 Å². The molecule has 1 heterocycles. The lowest BCUT2D eigenvalue weighted by Crippen LogP contribution is -2.54. The molecule has 2 fully saturated rings. The number of hydrogen-bond donors (Lipinski definition) is 1. The number of nitrogens with one attached hydrogen (secondary N) is 1. The second-order valence-corrected chi connectivity index (χ2v) is 5.84. The largest absolute Gasteiger partial charge is 0.385 e. The van der Waals surface area contributed by atoms with Crippen LogP contribution in [-0.2, 0) is 4.74 Å². The third-order valence-electron chi connectivity index (χ3n) is 4.52. The van der Waals surface area contributed by atoms with Gasteiger partial charge in [-0.15, -0.1) is 0 Å². The van der Waals surface area contributed by atoms with Crippen LogP contribution in [0.3, 0.4) is 0 Å². The van der Waals surface area contributed by atoms with Gasteiger partial charge in [0, 0.05) is 18.8 Å². The van der Waals surface area contributed by atoms with E-state index in [0.29, 0.717) is 13.2 Å². The highest BCUT2D eigenvalue weighted by Crippen LogP contribution is 2.30. The molecule has 1 saturated carbocycles. The van der Waals surface area contributed by atoms with Crippen LogP contribution in [0, 0.1) is 0 Å². The first-order chi connectivity index (χ1) is 10.3. The summed E-state index contributed by atoms with van der Waals surface area (Å²) in [6, 6.07) is 8.07. The second kappa shape index (κ2) is 6.48. The third-order valence-corrected chi connectivity index (χ3v) is 4.52. The first kappa shape index (κ1) is 14.4.